The molecule has 216 valence electrons. The Balaban J connectivity index is 1.22. The molecule has 13 heteroatoms. The van der Waals surface area contributed by atoms with Crippen molar-refractivity contribution in [3.63, 3.8) is 0 Å². The number of hydrogen-bond acceptors (Lipinski definition) is 8. The number of carbonyl (C=O) groups is 2. The van der Waals surface area contributed by atoms with E-state index in [0.29, 0.717) is 55.1 Å². The van der Waals surface area contributed by atoms with E-state index in [1.165, 1.54) is 25.3 Å². The van der Waals surface area contributed by atoms with Gasteiger partial charge < -0.3 is 25.4 Å². The first-order valence-electron chi connectivity index (χ1n) is 12.7. The van der Waals surface area contributed by atoms with Crippen LogP contribution >= 0.6 is 11.6 Å². The molecule has 0 aliphatic rings. The molecule has 0 unspecified atom stereocenters. The molecule has 2 heterocycles. The number of benzene rings is 2. The van der Waals surface area contributed by atoms with Crippen LogP contribution in [0.25, 0.3) is 21.7 Å². The summed E-state index contributed by atoms with van der Waals surface area (Å²) >= 11 is 5.86. The lowest BCUT2D eigenvalue weighted by Gasteiger charge is -2.12. The fourth-order valence-electron chi connectivity index (χ4n) is 4.15. The van der Waals surface area contributed by atoms with E-state index < -0.39 is 18.1 Å². The van der Waals surface area contributed by atoms with E-state index in [1.54, 1.807) is 24.5 Å². The van der Waals surface area contributed by atoms with Crippen molar-refractivity contribution in [2.24, 2.45) is 0 Å². The van der Waals surface area contributed by atoms with Gasteiger partial charge in [-0.05, 0) is 48.9 Å². The Bertz CT molecular complexity index is 1550. The number of esters is 1. The summed E-state index contributed by atoms with van der Waals surface area (Å²) in [4.78, 5) is 33.2. The van der Waals surface area contributed by atoms with Crippen LogP contribution < -0.4 is 20.7 Å². The van der Waals surface area contributed by atoms with Crippen molar-refractivity contribution in [1.29, 1.82) is 0 Å². The molecule has 0 bridgehead atoms. The Labute approximate surface area is 238 Å². The molecule has 4 rings (SSSR count). The number of halogens is 4. The first-order chi connectivity index (χ1) is 19.6. The molecule has 4 aromatic rings. The fourth-order valence-corrected chi connectivity index (χ4v) is 4.39. The van der Waals surface area contributed by atoms with Crippen molar-refractivity contribution < 1.29 is 32.2 Å². The molecule has 0 fully saturated rings. The third kappa shape index (κ3) is 8.18. The highest BCUT2D eigenvalue weighted by Crippen LogP contribution is 2.31. The maximum atomic E-state index is 12.4. The van der Waals surface area contributed by atoms with E-state index in [0.717, 1.165) is 16.2 Å². The monoisotopic (exact) mass is 589 g/mol. The molecule has 0 aliphatic carbocycles. The number of nitrogens with zero attached hydrogens (tertiary/aromatic N) is 2. The Morgan fingerprint density at radius 3 is 2.59 bits per heavy atom. The standard InChI is InChI=1S/C28H27ClF3N5O4/c1-40-27(39)18-4-5-19-21-16-34-11-7-20(21)26(37-23(19)14-18)36-12-8-25(38)35-10-2-9-33-15-17-3-6-24(22(29)13-17)41-28(30,31)32/h3-7,11,13-14,16,33H,2,8-10,12,15H2,1H3,(H,35,38)(H,36,37). The number of carbonyl (C=O) groups excluding carboxylic acids is 2. The number of nitrogens with one attached hydrogen (secondary N) is 3. The molecule has 2 aromatic carbocycles. The van der Waals surface area contributed by atoms with E-state index in [1.807, 2.05) is 12.1 Å². The maximum Gasteiger partial charge on any atom is 0.573 e. The first-order valence-corrected chi connectivity index (χ1v) is 13.0. The predicted octanol–water partition coefficient (Wildman–Crippen LogP) is 5.22. The molecule has 1 amide bonds. The van der Waals surface area contributed by atoms with Gasteiger partial charge in [0.05, 0.1) is 23.2 Å². The van der Waals surface area contributed by atoms with Gasteiger partial charge >= 0.3 is 12.3 Å². The Morgan fingerprint density at radius 2 is 1.83 bits per heavy atom. The Hall–Kier alpha value is -4.16. The number of ether oxygens (including phenoxy) is 2. The number of anilines is 1. The van der Waals surface area contributed by atoms with Gasteiger partial charge in [0.25, 0.3) is 0 Å². The highest BCUT2D eigenvalue weighted by Gasteiger charge is 2.32. The Morgan fingerprint density at radius 1 is 1.00 bits per heavy atom. The zero-order chi connectivity index (χ0) is 29.4. The van der Waals surface area contributed by atoms with Crippen molar-refractivity contribution >= 4 is 51.0 Å². The molecule has 0 saturated carbocycles. The van der Waals surface area contributed by atoms with Crippen molar-refractivity contribution in [2.75, 3.05) is 32.1 Å². The minimum atomic E-state index is -4.80. The highest BCUT2D eigenvalue weighted by atomic mass is 35.5. The molecule has 0 atom stereocenters. The number of hydrogen-bond donors (Lipinski definition) is 3. The minimum Gasteiger partial charge on any atom is -0.465 e. The summed E-state index contributed by atoms with van der Waals surface area (Å²) in [6.07, 6.45) is -0.548. The van der Waals surface area contributed by atoms with Crippen LogP contribution in [0.1, 0.15) is 28.8 Å². The Kier molecular flexibility index (Phi) is 9.79. The predicted molar refractivity (Wildman–Crippen MR) is 149 cm³/mol. The second kappa shape index (κ2) is 13.5. The summed E-state index contributed by atoms with van der Waals surface area (Å²) in [5.74, 6) is -0.468. The normalized spacial score (nSPS) is 11.4. The van der Waals surface area contributed by atoms with Crippen molar-refractivity contribution in [3.8, 4) is 5.75 Å². The molecule has 0 radical (unpaired) electrons. The second-order valence-electron chi connectivity index (χ2n) is 8.97. The molecular weight excluding hydrogens is 563 g/mol. The molecule has 2 aromatic heterocycles. The van der Waals surface area contributed by atoms with Gasteiger partial charge in [-0.25, -0.2) is 9.78 Å². The maximum absolute atomic E-state index is 12.4. The van der Waals surface area contributed by atoms with E-state index in [9.17, 15) is 22.8 Å². The van der Waals surface area contributed by atoms with E-state index in [2.05, 4.69) is 30.7 Å². The smallest absolute Gasteiger partial charge is 0.465 e. The van der Waals surface area contributed by atoms with Crippen LogP contribution in [0.4, 0.5) is 19.0 Å². The summed E-state index contributed by atoms with van der Waals surface area (Å²) in [6, 6.07) is 11.1. The van der Waals surface area contributed by atoms with Crippen molar-refractivity contribution in [2.45, 2.75) is 25.7 Å². The molecule has 41 heavy (non-hydrogen) atoms. The average Bonchev–Trinajstić information content (AvgIpc) is 2.95. The molecule has 3 N–H and O–H groups in total. The van der Waals surface area contributed by atoms with Crippen LogP contribution in [0.2, 0.25) is 5.02 Å². The van der Waals surface area contributed by atoms with Gasteiger partial charge in [0.1, 0.15) is 11.6 Å². The molecular formula is C28H27ClF3N5O4. The fraction of sp³-hybridized carbons (Fsp3) is 0.286. The van der Waals surface area contributed by atoms with Crippen LogP contribution in [-0.4, -0.2) is 55.0 Å². The summed E-state index contributed by atoms with van der Waals surface area (Å²) in [7, 11) is 1.32. The van der Waals surface area contributed by atoms with Crippen LogP contribution in [0.5, 0.6) is 5.75 Å². The van der Waals surface area contributed by atoms with E-state index in [4.69, 9.17) is 16.3 Å². The van der Waals surface area contributed by atoms with Gasteiger partial charge in [0.15, 0.2) is 0 Å². The topological polar surface area (TPSA) is 114 Å². The quantitative estimate of drug-likeness (QED) is 0.117. The summed E-state index contributed by atoms with van der Waals surface area (Å²) in [6.45, 7) is 1.76. The van der Waals surface area contributed by atoms with Gasteiger partial charge in [-0.2, -0.15) is 0 Å². The molecule has 0 spiro atoms. The molecule has 0 saturated heterocycles. The zero-order valence-corrected chi connectivity index (χ0v) is 22.7. The van der Waals surface area contributed by atoms with Gasteiger partial charge in [0, 0.05) is 54.6 Å². The van der Waals surface area contributed by atoms with E-state index in [-0.39, 0.29) is 17.4 Å². The number of alkyl halides is 3. The first kappa shape index (κ1) is 29.8. The number of fused-ring (bicyclic) bond motifs is 3. The number of methoxy groups -OCH3 is 1. The third-order valence-corrected chi connectivity index (χ3v) is 6.36. The highest BCUT2D eigenvalue weighted by molar-refractivity contribution is 6.32. The van der Waals surface area contributed by atoms with Crippen molar-refractivity contribution in [3.05, 3.63) is 71.0 Å². The van der Waals surface area contributed by atoms with Gasteiger partial charge in [-0.3, -0.25) is 9.78 Å². The third-order valence-electron chi connectivity index (χ3n) is 6.07. The van der Waals surface area contributed by atoms with E-state index >= 15 is 0 Å². The zero-order valence-electron chi connectivity index (χ0n) is 22.0. The lowest BCUT2D eigenvalue weighted by molar-refractivity contribution is -0.274. The lowest BCUT2D eigenvalue weighted by atomic mass is 10.1. The summed E-state index contributed by atoms with van der Waals surface area (Å²) < 4.78 is 45.7. The van der Waals surface area contributed by atoms with Crippen molar-refractivity contribution in [1.82, 2.24) is 20.6 Å². The second-order valence-corrected chi connectivity index (χ2v) is 9.38. The average molecular weight is 590 g/mol. The van der Waals surface area contributed by atoms with Gasteiger partial charge in [0.2, 0.25) is 5.91 Å². The van der Waals surface area contributed by atoms with Gasteiger partial charge in [-0.15, -0.1) is 13.2 Å². The van der Waals surface area contributed by atoms with Crippen LogP contribution in [0.3, 0.4) is 0 Å². The summed E-state index contributed by atoms with van der Waals surface area (Å²) in [5.41, 5.74) is 1.68. The lowest BCUT2D eigenvalue weighted by Crippen LogP contribution is -2.28. The van der Waals surface area contributed by atoms with Crippen LogP contribution in [0, 0.1) is 0 Å². The largest absolute Gasteiger partial charge is 0.573 e. The van der Waals surface area contributed by atoms with Gasteiger partial charge in [-0.1, -0.05) is 23.7 Å². The number of pyridine rings is 2. The van der Waals surface area contributed by atoms with Crippen LogP contribution in [0.15, 0.2) is 54.9 Å². The minimum absolute atomic E-state index is 0.128. The molecule has 0 aliphatic heterocycles. The molecule has 9 nitrogen and oxygen atoms in total. The number of rotatable bonds is 12. The SMILES string of the molecule is COC(=O)c1ccc2c(c1)nc(NCCC(=O)NCCCNCc1ccc(OC(F)(F)F)c(Cl)c1)c1ccncc12. The number of amides is 1. The summed E-state index contributed by atoms with van der Waals surface area (Å²) in [5, 5.41) is 11.6. The number of aromatic nitrogens is 2. The van der Waals surface area contributed by atoms with Crippen LogP contribution in [-0.2, 0) is 16.1 Å².